The third kappa shape index (κ3) is 1.77. The molecule has 0 N–H and O–H groups in total. The lowest BCUT2D eigenvalue weighted by Gasteiger charge is -2.02. The Morgan fingerprint density at radius 1 is 1.43 bits per heavy atom. The van der Waals surface area contributed by atoms with Crippen LogP contribution in [0.15, 0.2) is 22.6 Å². The van der Waals surface area contributed by atoms with Crippen molar-refractivity contribution < 1.29 is 17.9 Å². The third-order valence-corrected chi connectivity index (χ3v) is 1.72. The largest absolute Gasteiger partial charge is 0.435 e. The molecule has 2 aromatic rings. The normalized spacial score (nSPS) is 11.1. The molecule has 1 heterocycles. The van der Waals surface area contributed by atoms with Gasteiger partial charge < -0.3 is 9.15 Å². The molecule has 1 aromatic heterocycles. The summed E-state index contributed by atoms with van der Waals surface area (Å²) < 4.78 is 32.8. The van der Waals surface area contributed by atoms with Crippen LogP contribution >= 0.6 is 11.6 Å². The molecule has 0 unspecified atom stereocenters. The van der Waals surface area contributed by atoms with Crippen LogP contribution in [-0.4, -0.2) is 11.6 Å². The van der Waals surface area contributed by atoms with Crippen molar-refractivity contribution >= 4 is 22.7 Å². The molecule has 0 aliphatic carbocycles. The minimum atomic E-state index is -2.85. The van der Waals surface area contributed by atoms with Gasteiger partial charge in [-0.05, 0) is 23.7 Å². The van der Waals surface area contributed by atoms with Crippen molar-refractivity contribution in [3.63, 3.8) is 0 Å². The van der Waals surface area contributed by atoms with Crippen LogP contribution in [0.2, 0.25) is 5.35 Å². The molecule has 0 spiro atoms. The van der Waals surface area contributed by atoms with E-state index in [1.807, 2.05) is 0 Å². The van der Waals surface area contributed by atoms with Crippen LogP contribution in [0, 0.1) is 0 Å². The van der Waals surface area contributed by atoms with Crippen LogP contribution in [0.25, 0.3) is 11.1 Å². The third-order valence-electron chi connectivity index (χ3n) is 1.56. The van der Waals surface area contributed by atoms with Crippen molar-refractivity contribution in [2.24, 2.45) is 0 Å². The Bertz CT molecular complexity index is 458. The first-order valence-electron chi connectivity index (χ1n) is 3.66. The van der Waals surface area contributed by atoms with Crippen molar-refractivity contribution in [1.29, 1.82) is 0 Å². The molecule has 74 valence electrons. The van der Waals surface area contributed by atoms with Crippen LogP contribution in [0.1, 0.15) is 0 Å². The summed E-state index contributed by atoms with van der Waals surface area (Å²) in [7, 11) is 0. The van der Waals surface area contributed by atoms with Gasteiger partial charge in [-0.25, -0.2) is 0 Å². The number of ether oxygens (including phenoxy) is 1. The van der Waals surface area contributed by atoms with Crippen molar-refractivity contribution in [3.8, 4) is 5.75 Å². The maximum Gasteiger partial charge on any atom is 0.387 e. The number of aromatic nitrogens is 1. The number of fused-ring (bicyclic) bond motifs is 1. The summed E-state index contributed by atoms with van der Waals surface area (Å²) >= 11 is 5.47. The molecule has 0 aliphatic heterocycles. The molecule has 0 fully saturated rings. The van der Waals surface area contributed by atoms with E-state index in [2.05, 4.69) is 9.72 Å². The van der Waals surface area contributed by atoms with Gasteiger partial charge in [-0.15, -0.1) is 0 Å². The van der Waals surface area contributed by atoms with E-state index in [-0.39, 0.29) is 11.1 Å². The molecule has 3 nitrogen and oxygen atoms in total. The zero-order valence-corrected chi connectivity index (χ0v) is 7.46. The van der Waals surface area contributed by atoms with Crippen LogP contribution in [0.4, 0.5) is 8.78 Å². The van der Waals surface area contributed by atoms with E-state index in [1.54, 1.807) is 0 Å². The molecule has 2 rings (SSSR count). The minimum absolute atomic E-state index is 0.0254. The fourth-order valence-corrected chi connectivity index (χ4v) is 1.23. The van der Waals surface area contributed by atoms with E-state index < -0.39 is 6.61 Å². The molecule has 0 amide bonds. The smallest absolute Gasteiger partial charge is 0.387 e. The second-order valence-corrected chi connectivity index (χ2v) is 2.80. The maximum atomic E-state index is 11.8. The summed E-state index contributed by atoms with van der Waals surface area (Å²) in [5.74, 6) is 0.0254. The first-order chi connectivity index (χ1) is 6.65. The molecule has 0 radical (unpaired) electrons. The van der Waals surface area contributed by atoms with Gasteiger partial charge in [0.1, 0.15) is 11.3 Å². The quantitative estimate of drug-likeness (QED) is 0.779. The second kappa shape index (κ2) is 3.42. The Hall–Kier alpha value is -1.36. The highest BCUT2D eigenvalue weighted by molar-refractivity contribution is 6.28. The zero-order valence-electron chi connectivity index (χ0n) is 6.71. The average Bonchev–Trinajstić information content (AvgIpc) is 2.42. The van der Waals surface area contributed by atoms with E-state index in [1.165, 1.54) is 18.2 Å². The highest BCUT2D eigenvalue weighted by atomic mass is 35.5. The molecule has 0 aliphatic rings. The average molecular weight is 220 g/mol. The maximum absolute atomic E-state index is 11.8. The molecule has 0 saturated carbocycles. The highest BCUT2D eigenvalue weighted by Crippen LogP contribution is 2.24. The van der Waals surface area contributed by atoms with Crippen molar-refractivity contribution in [2.75, 3.05) is 0 Å². The molecule has 6 heteroatoms. The first-order valence-corrected chi connectivity index (χ1v) is 4.04. The molecular weight excluding hydrogens is 216 g/mol. The molecular formula is C8H4ClF2NO2. The molecule has 1 aromatic carbocycles. The van der Waals surface area contributed by atoms with Crippen LogP contribution in [0.3, 0.4) is 0 Å². The number of nitrogens with zero attached hydrogens (tertiary/aromatic N) is 1. The van der Waals surface area contributed by atoms with Crippen molar-refractivity contribution in [1.82, 2.24) is 4.98 Å². The number of halogens is 3. The van der Waals surface area contributed by atoms with E-state index >= 15 is 0 Å². The van der Waals surface area contributed by atoms with E-state index in [9.17, 15) is 8.78 Å². The predicted octanol–water partition coefficient (Wildman–Crippen LogP) is 3.08. The van der Waals surface area contributed by atoms with Gasteiger partial charge in [0, 0.05) is 6.07 Å². The lowest BCUT2D eigenvalue weighted by molar-refractivity contribution is -0.0497. The van der Waals surface area contributed by atoms with Gasteiger partial charge in [-0.3, -0.25) is 0 Å². The van der Waals surface area contributed by atoms with Gasteiger partial charge in [0.05, 0.1) is 0 Å². The van der Waals surface area contributed by atoms with E-state index in [4.69, 9.17) is 16.0 Å². The van der Waals surface area contributed by atoms with Gasteiger partial charge in [-0.2, -0.15) is 13.8 Å². The fourth-order valence-electron chi connectivity index (χ4n) is 1.06. The number of hydrogen-bond acceptors (Lipinski definition) is 3. The van der Waals surface area contributed by atoms with Gasteiger partial charge in [-0.1, -0.05) is 0 Å². The number of benzene rings is 1. The Morgan fingerprint density at radius 3 is 2.93 bits per heavy atom. The monoisotopic (exact) mass is 219 g/mol. The number of oxazole rings is 1. The minimum Gasteiger partial charge on any atom is -0.435 e. The topological polar surface area (TPSA) is 35.3 Å². The van der Waals surface area contributed by atoms with Gasteiger partial charge in [0.2, 0.25) is 0 Å². The lowest BCUT2D eigenvalue weighted by Crippen LogP contribution is -2.01. The van der Waals surface area contributed by atoms with E-state index in [0.717, 1.165) is 0 Å². The van der Waals surface area contributed by atoms with Crippen molar-refractivity contribution in [3.05, 3.63) is 23.5 Å². The Morgan fingerprint density at radius 2 is 2.21 bits per heavy atom. The Balaban J connectivity index is 2.40. The number of rotatable bonds is 2. The Kier molecular flexibility index (Phi) is 2.25. The summed E-state index contributed by atoms with van der Waals surface area (Å²) in [6.07, 6.45) is 0. The van der Waals surface area contributed by atoms with Crippen molar-refractivity contribution in [2.45, 2.75) is 6.61 Å². The summed E-state index contributed by atoms with van der Waals surface area (Å²) in [6.45, 7) is -2.85. The number of alkyl halides is 2. The molecule has 0 atom stereocenters. The molecule has 14 heavy (non-hydrogen) atoms. The standard InChI is InChI=1S/C8H4ClF2NO2/c9-7-12-5-3-4(13-8(10)11)1-2-6(5)14-7/h1-3,8H. The molecule has 0 saturated heterocycles. The summed E-state index contributed by atoms with van der Waals surface area (Å²) in [4.78, 5) is 3.75. The van der Waals surface area contributed by atoms with Gasteiger partial charge >= 0.3 is 6.61 Å². The van der Waals surface area contributed by atoms with E-state index in [0.29, 0.717) is 11.1 Å². The van der Waals surface area contributed by atoms with Crippen LogP contribution in [0.5, 0.6) is 5.75 Å². The summed E-state index contributed by atoms with van der Waals surface area (Å²) in [6, 6.07) is 4.15. The summed E-state index contributed by atoms with van der Waals surface area (Å²) in [5, 5.41) is -0.0332. The number of hydrogen-bond donors (Lipinski definition) is 0. The first kappa shape index (κ1) is 9.21. The Labute approximate surface area is 82.2 Å². The SMILES string of the molecule is FC(F)Oc1ccc2oc(Cl)nc2c1. The van der Waals surface area contributed by atoms with Crippen LogP contribution in [-0.2, 0) is 0 Å². The summed E-state index contributed by atoms with van der Waals surface area (Å²) in [5.41, 5.74) is 0.810. The van der Waals surface area contributed by atoms with Crippen LogP contribution < -0.4 is 4.74 Å². The highest BCUT2D eigenvalue weighted by Gasteiger charge is 2.08. The fraction of sp³-hybridized carbons (Fsp3) is 0.125. The van der Waals surface area contributed by atoms with Gasteiger partial charge in [0.15, 0.2) is 5.58 Å². The second-order valence-electron chi connectivity index (χ2n) is 2.47. The predicted molar refractivity (Wildman–Crippen MR) is 45.7 cm³/mol. The van der Waals surface area contributed by atoms with Gasteiger partial charge in [0.25, 0.3) is 5.35 Å². The molecule has 0 bridgehead atoms. The lowest BCUT2D eigenvalue weighted by atomic mass is 10.3. The zero-order chi connectivity index (χ0) is 10.1.